The molecule has 0 radical (unpaired) electrons. The zero-order chi connectivity index (χ0) is 15.8. The second-order valence-corrected chi connectivity index (χ2v) is 5.19. The predicted octanol–water partition coefficient (Wildman–Crippen LogP) is 1.56. The standard InChI is InChI=1S/C14H18BrNO5/c1-20-6-5-16(9-14(18)19)13(17)8-10-7-11(21-2)3-4-12(10)15/h3-4,7H,5-6,8-9H2,1-2H3,(H,18,19). The molecule has 1 amide bonds. The summed E-state index contributed by atoms with van der Waals surface area (Å²) in [5.74, 6) is -0.685. The van der Waals surface area contributed by atoms with Crippen LogP contribution in [-0.4, -0.2) is 55.8 Å². The number of rotatable bonds is 8. The number of carbonyl (C=O) groups is 2. The van der Waals surface area contributed by atoms with E-state index in [1.807, 2.05) is 0 Å². The lowest BCUT2D eigenvalue weighted by molar-refractivity contribution is -0.144. The largest absolute Gasteiger partial charge is 0.497 e. The second-order valence-electron chi connectivity index (χ2n) is 4.34. The maximum absolute atomic E-state index is 12.3. The minimum Gasteiger partial charge on any atom is -0.497 e. The van der Waals surface area contributed by atoms with Crippen LogP contribution in [0.15, 0.2) is 22.7 Å². The van der Waals surface area contributed by atoms with Crippen molar-refractivity contribution >= 4 is 27.8 Å². The number of amides is 1. The third-order valence-corrected chi connectivity index (χ3v) is 3.61. The molecule has 7 heteroatoms. The predicted molar refractivity (Wildman–Crippen MR) is 80.5 cm³/mol. The Labute approximate surface area is 131 Å². The Morgan fingerprint density at radius 1 is 1.33 bits per heavy atom. The summed E-state index contributed by atoms with van der Waals surface area (Å²) in [6, 6.07) is 5.31. The van der Waals surface area contributed by atoms with Crippen molar-refractivity contribution < 1.29 is 24.2 Å². The Kier molecular flexibility index (Phi) is 7.18. The van der Waals surface area contributed by atoms with Crippen LogP contribution in [-0.2, 0) is 20.7 Å². The molecule has 1 N–H and O–H groups in total. The smallest absolute Gasteiger partial charge is 0.323 e. The fourth-order valence-electron chi connectivity index (χ4n) is 1.74. The van der Waals surface area contributed by atoms with Gasteiger partial charge in [0.05, 0.1) is 20.1 Å². The van der Waals surface area contributed by atoms with Gasteiger partial charge in [0.1, 0.15) is 12.3 Å². The monoisotopic (exact) mass is 359 g/mol. The van der Waals surface area contributed by atoms with Crippen molar-refractivity contribution in [3.8, 4) is 5.75 Å². The molecule has 6 nitrogen and oxygen atoms in total. The van der Waals surface area contributed by atoms with E-state index < -0.39 is 5.97 Å². The highest BCUT2D eigenvalue weighted by Gasteiger charge is 2.18. The summed E-state index contributed by atoms with van der Waals surface area (Å²) in [6.07, 6.45) is 0.0920. The Morgan fingerprint density at radius 2 is 2.05 bits per heavy atom. The number of halogens is 1. The topological polar surface area (TPSA) is 76.1 Å². The number of carbonyl (C=O) groups excluding carboxylic acids is 1. The number of aliphatic carboxylic acids is 1. The molecular formula is C14H18BrNO5. The minimum atomic E-state index is -1.05. The molecule has 1 aromatic carbocycles. The van der Waals surface area contributed by atoms with Crippen molar-refractivity contribution in [3.05, 3.63) is 28.2 Å². The van der Waals surface area contributed by atoms with Crippen molar-refractivity contribution in [2.24, 2.45) is 0 Å². The number of benzene rings is 1. The Bertz CT molecular complexity index is 506. The lowest BCUT2D eigenvalue weighted by Gasteiger charge is -2.20. The Balaban J connectivity index is 2.82. The number of hydrogen-bond acceptors (Lipinski definition) is 4. The van der Waals surface area contributed by atoms with Gasteiger partial charge in [0.25, 0.3) is 0 Å². The number of ether oxygens (including phenoxy) is 2. The van der Waals surface area contributed by atoms with Gasteiger partial charge < -0.3 is 19.5 Å². The van der Waals surface area contributed by atoms with Gasteiger partial charge in [0, 0.05) is 18.1 Å². The van der Waals surface area contributed by atoms with Gasteiger partial charge in [-0.05, 0) is 23.8 Å². The Morgan fingerprint density at radius 3 is 2.62 bits per heavy atom. The van der Waals surface area contributed by atoms with Crippen molar-refractivity contribution in [2.75, 3.05) is 33.9 Å². The summed E-state index contributed by atoms with van der Waals surface area (Å²) < 4.78 is 10.8. The van der Waals surface area contributed by atoms with E-state index >= 15 is 0 Å². The molecule has 0 bridgehead atoms. The number of carboxylic acids is 1. The van der Waals surface area contributed by atoms with Crippen molar-refractivity contribution in [2.45, 2.75) is 6.42 Å². The number of methoxy groups -OCH3 is 2. The quantitative estimate of drug-likeness (QED) is 0.762. The van der Waals surface area contributed by atoms with E-state index in [0.29, 0.717) is 5.75 Å². The van der Waals surface area contributed by atoms with E-state index in [4.69, 9.17) is 14.6 Å². The maximum Gasteiger partial charge on any atom is 0.323 e. The van der Waals surface area contributed by atoms with Crippen LogP contribution >= 0.6 is 15.9 Å². The minimum absolute atomic E-state index is 0.0920. The normalized spacial score (nSPS) is 10.2. The fourth-order valence-corrected chi connectivity index (χ4v) is 2.13. The third kappa shape index (κ3) is 5.73. The van der Waals surface area contributed by atoms with E-state index in [2.05, 4.69) is 15.9 Å². The average Bonchev–Trinajstić information content (AvgIpc) is 2.45. The highest BCUT2D eigenvalue weighted by atomic mass is 79.9. The first-order chi connectivity index (χ1) is 9.97. The molecule has 0 saturated heterocycles. The van der Waals surface area contributed by atoms with Crippen LogP contribution in [0.2, 0.25) is 0 Å². The summed E-state index contributed by atoms with van der Waals surface area (Å²) in [7, 11) is 3.05. The van der Waals surface area contributed by atoms with Crippen LogP contribution < -0.4 is 4.74 Å². The fraction of sp³-hybridized carbons (Fsp3) is 0.429. The molecule has 0 aromatic heterocycles. The second kappa shape index (κ2) is 8.63. The molecule has 1 aromatic rings. The van der Waals surface area contributed by atoms with Crippen LogP contribution in [0.1, 0.15) is 5.56 Å². The van der Waals surface area contributed by atoms with E-state index in [-0.39, 0.29) is 32.0 Å². The first-order valence-electron chi connectivity index (χ1n) is 6.28. The number of carboxylic acid groups (broad SMARTS) is 1. The molecule has 0 aliphatic rings. The third-order valence-electron chi connectivity index (χ3n) is 2.84. The van der Waals surface area contributed by atoms with Crippen molar-refractivity contribution in [1.82, 2.24) is 4.90 Å². The summed E-state index contributed by atoms with van der Waals surface area (Å²) in [5, 5.41) is 8.87. The lowest BCUT2D eigenvalue weighted by Crippen LogP contribution is -2.38. The van der Waals surface area contributed by atoms with Gasteiger partial charge in [0.2, 0.25) is 5.91 Å². The SMILES string of the molecule is COCCN(CC(=O)O)C(=O)Cc1cc(OC)ccc1Br. The van der Waals surface area contributed by atoms with Crippen molar-refractivity contribution in [1.29, 1.82) is 0 Å². The molecule has 0 aliphatic carbocycles. The molecule has 0 spiro atoms. The Hall–Kier alpha value is -1.60. The summed E-state index contributed by atoms with van der Waals surface area (Å²) in [4.78, 5) is 24.3. The molecule has 0 saturated carbocycles. The molecule has 0 fully saturated rings. The van der Waals surface area contributed by atoms with Gasteiger partial charge in [-0.3, -0.25) is 9.59 Å². The van der Waals surface area contributed by atoms with Gasteiger partial charge in [-0.2, -0.15) is 0 Å². The summed E-state index contributed by atoms with van der Waals surface area (Å²) in [6.45, 7) is 0.186. The van der Waals surface area contributed by atoms with E-state index in [1.165, 1.54) is 12.0 Å². The highest BCUT2D eigenvalue weighted by Crippen LogP contribution is 2.23. The number of nitrogens with zero attached hydrogens (tertiary/aromatic N) is 1. The van der Waals surface area contributed by atoms with Gasteiger partial charge in [-0.1, -0.05) is 15.9 Å². The molecule has 21 heavy (non-hydrogen) atoms. The molecule has 1 rings (SSSR count). The van der Waals surface area contributed by atoms with E-state index in [0.717, 1.165) is 10.0 Å². The summed E-state index contributed by atoms with van der Waals surface area (Å²) >= 11 is 3.37. The molecular weight excluding hydrogens is 342 g/mol. The van der Waals surface area contributed by atoms with Crippen LogP contribution in [0.5, 0.6) is 5.75 Å². The lowest BCUT2D eigenvalue weighted by atomic mass is 10.1. The molecule has 0 aliphatic heterocycles. The highest BCUT2D eigenvalue weighted by molar-refractivity contribution is 9.10. The summed E-state index contributed by atoms with van der Waals surface area (Å²) in [5.41, 5.74) is 0.743. The first kappa shape index (κ1) is 17.5. The van der Waals surface area contributed by atoms with Gasteiger partial charge in [0.15, 0.2) is 0 Å². The van der Waals surface area contributed by atoms with Gasteiger partial charge >= 0.3 is 5.97 Å². The zero-order valence-electron chi connectivity index (χ0n) is 12.0. The van der Waals surface area contributed by atoms with Crippen LogP contribution in [0.4, 0.5) is 0 Å². The molecule has 116 valence electrons. The molecule has 0 unspecified atom stereocenters. The van der Waals surface area contributed by atoms with Gasteiger partial charge in [-0.15, -0.1) is 0 Å². The van der Waals surface area contributed by atoms with Crippen molar-refractivity contribution in [3.63, 3.8) is 0 Å². The van der Waals surface area contributed by atoms with Crippen LogP contribution in [0.3, 0.4) is 0 Å². The molecule has 0 atom stereocenters. The molecule has 0 heterocycles. The van der Waals surface area contributed by atoms with Crippen LogP contribution in [0, 0.1) is 0 Å². The van der Waals surface area contributed by atoms with Gasteiger partial charge in [-0.25, -0.2) is 0 Å². The number of hydrogen-bond donors (Lipinski definition) is 1. The van der Waals surface area contributed by atoms with Crippen LogP contribution in [0.25, 0.3) is 0 Å². The first-order valence-corrected chi connectivity index (χ1v) is 7.08. The maximum atomic E-state index is 12.3. The van der Waals surface area contributed by atoms with E-state index in [9.17, 15) is 9.59 Å². The van der Waals surface area contributed by atoms with E-state index in [1.54, 1.807) is 25.3 Å². The average molecular weight is 360 g/mol. The zero-order valence-corrected chi connectivity index (χ0v) is 13.6.